The van der Waals surface area contributed by atoms with Crippen LogP contribution in [0.3, 0.4) is 0 Å². The number of hydrogen-bond donors (Lipinski definition) is 2. The molecule has 3 heterocycles. The number of carbonyl (C=O) groups excluding carboxylic acids is 5. The van der Waals surface area contributed by atoms with Crippen LogP contribution in [0.25, 0.3) is 0 Å². The Balaban J connectivity index is 1.43. The molecular formula is C23H15N5O5. The van der Waals surface area contributed by atoms with E-state index in [2.05, 4.69) is 27.5 Å². The van der Waals surface area contributed by atoms with E-state index in [1.165, 1.54) is 30.5 Å². The van der Waals surface area contributed by atoms with Crippen LogP contribution in [0.4, 0.5) is 0 Å². The molecule has 4 rings (SSSR count). The van der Waals surface area contributed by atoms with Gasteiger partial charge in [0.15, 0.2) is 0 Å². The summed E-state index contributed by atoms with van der Waals surface area (Å²) in [6, 6.07) is 8.28. The molecule has 1 saturated heterocycles. The van der Waals surface area contributed by atoms with Crippen LogP contribution in [-0.4, -0.2) is 52.0 Å². The predicted molar refractivity (Wildman–Crippen MR) is 111 cm³/mol. The molecule has 5 amide bonds. The second-order valence-electron chi connectivity index (χ2n) is 7.24. The van der Waals surface area contributed by atoms with Gasteiger partial charge in [0, 0.05) is 18.2 Å². The molecule has 10 heteroatoms. The molecule has 2 aliphatic rings. The van der Waals surface area contributed by atoms with Crippen molar-refractivity contribution in [2.45, 2.75) is 18.9 Å². The number of benzene rings is 1. The van der Waals surface area contributed by atoms with Gasteiger partial charge in [0.05, 0.1) is 23.2 Å². The van der Waals surface area contributed by atoms with Crippen molar-refractivity contribution < 1.29 is 24.0 Å². The van der Waals surface area contributed by atoms with E-state index < -0.39 is 35.6 Å². The SMILES string of the molecule is N#Cc1ccc(C(=O)NCC#Cc2ccc3c(c2)C(=O)N(C2CCC(=O)NC2=O)C3=O)nc1. The fourth-order valence-corrected chi connectivity index (χ4v) is 3.50. The summed E-state index contributed by atoms with van der Waals surface area (Å²) in [6.45, 7) is 0.00682. The molecule has 1 fully saturated rings. The van der Waals surface area contributed by atoms with E-state index in [4.69, 9.17) is 5.26 Å². The number of pyridine rings is 1. The van der Waals surface area contributed by atoms with Gasteiger partial charge in [0.1, 0.15) is 17.8 Å². The molecule has 2 N–H and O–H groups in total. The second kappa shape index (κ2) is 8.73. The minimum atomic E-state index is -1.03. The van der Waals surface area contributed by atoms with Crippen LogP contribution >= 0.6 is 0 Å². The summed E-state index contributed by atoms with van der Waals surface area (Å²) in [7, 11) is 0. The van der Waals surface area contributed by atoms with E-state index >= 15 is 0 Å². The summed E-state index contributed by atoms with van der Waals surface area (Å²) in [5, 5.41) is 13.5. The third-order valence-electron chi connectivity index (χ3n) is 5.14. The van der Waals surface area contributed by atoms with Gasteiger partial charge < -0.3 is 5.32 Å². The number of nitrogens with one attached hydrogen (secondary N) is 2. The Hall–Kier alpha value is -4.83. The molecule has 0 aliphatic carbocycles. The summed E-state index contributed by atoms with van der Waals surface area (Å²) in [4.78, 5) is 65.8. The van der Waals surface area contributed by atoms with E-state index in [1.807, 2.05) is 6.07 Å². The van der Waals surface area contributed by atoms with Crippen molar-refractivity contribution in [1.29, 1.82) is 5.26 Å². The highest BCUT2D eigenvalue weighted by molar-refractivity contribution is 6.23. The fourth-order valence-electron chi connectivity index (χ4n) is 3.50. The zero-order chi connectivity index (χ0) is 23.5. The smallest absolute Gasteiger partial charge is 0.270 e. The molecule has 33 heavy (non-hydrogen) atoms. The molecule has 1 unspecified atom stereocenters. The van der Waals surface area contributed by atoms with E-state index in [1.54, 1.807) is 6.07 Å². The van der Waals surface area contributed by atoms with Gasteiger partial charge in [0.2, 0.25) is 11.8 Å². The Morgan fingerprint density at radius 3 is 2.58 bits per heavy atom. The van der Waals surface area contributed by atoms with Crippen LogP contribution in [0.2, 0.25) is 0 Å². The first-order valence-electron chi connectivity index (χ1n) is 9.88. The van der Waals surface area contributed by atoms with E-state index in [0.29, 0.717) is 11.1 Å². The summed E-state index contributed by atoms with van der Waals surface area (Å²) < 4.78 is 0. The van der Waals surface area contributed by atoms with E-state index in [0.717, 1.165) is 4.90 Å². The van der Waals surface area contributed by atoms with Crippen LogP contribution in [0, 0.1) is 23.2 Å². The second-order valence-corrected chi connectivity index (χ2v) is 7.24. The summed E-state index contributed by atoms with van der Waals surface area (Å²) >= 11 is 0. The number of carbonyl (C=O) groups is 5. The van der Waals surface area contributed by atoms with Crippen molar-refractivity contribution in [2.24, 2.45) is 0 Å². The van der Waals surface area contributed by atoms with Crippen molar-refractivity contribution in [3.63, 3.8) is 0 Å². The average Bonchev–Trinajstić information content (AvgIpc) is 3.06. The number of aromatic nitrogens is 1. The third-order valence-corrected chi connectivity index (χ3v) is 5.14. The molecule has 1 aromatic heterocycles. The van der Waals surface area contributed by atoms with Crippen molar-refractivity contribution in [1.82, 2.24) is 20.5 Å². The number of nitrogens with zero attached hydrogens (tertiary/aromatic N) is 3. The lowest BCUT2D eigenvalue weighted by Gasteiger charge is -2.27. The third kappa shape index (κ3) is 4.18. The molecule has 0 spiro atoms. The maximum atomic E-state index is 12.8. The largest absolute Gasteiger partial charge is 0.340 e. The predicted octanol–water partition coefficient (Wildman–Crippen LogP) is 0.136. The molecule has 1 aromatic carbocycles. The van der Waals surface area contributed by atoms with Gasteiger partial charge in [-0.3, -0.25) is 34.2 Å². The van der Waals surface area contributed by atoms with Crippen LogP contribution in [0.15, 0.2) is 36.5 Å². The lowest BCUT2D eigenvalue weighted by molar-refractivity contribution is -0.136. The number of fused-ring (bicyclic) bond motifs is 1. The standard InChI is InChI=1S/C23H15N5O5/c24-11-14-4-6-17(26-12-14)20(30)25-9-1-2-13-3-5-15-16(10-13)23(33)28(22(15)32)18-7-8-19(29)27-21(18)31/h3-6,10,12,18H,7-9H2,(H,25,30)(H,27,29,31). The summed E-state index contributed by atoms with van der Waals surface area (Å²) in [6.07, 6.45) is 1.42. The van der Waals surface area contributed by atoms with Gasteiger partial charge in [-0.15, -0.1) is 0 Å². The van der Waals surface area contributed by atoms with Gasteiger partial charge in [-0.1, -0.05) is 11.8 Å². The van der Waals surface area contributed by atoms with Crippen LogP contribution in [0.1, 0.15) is 55.2 Å². The monoisotopic (exact) mass is 441 g/mol. The molecular weight excluding hydrogens is 426 g/mol. The molecule has 0 bridgehead atoms. The summed E-state index contributed by atoms with van der Waals surface area (Å²) in [5.74, 6) is 2.79. The molecule has 1 atom stereocenters. The number of rotatable bonds is 3. The Labute approximate surface area is 187 Å². The first-order chi connectivity index (χ1) is 15.9. The highest BCUT2D eigenvalue weighted by Crippen LogP contribution is 2.28. The van der Waals surface area contributed by atoms with E-state index in [9.17, 15) is 24.0 Å². The Kier molecular flexibility index (Phi) is 5.66. The van der Waals surface area contributed by atoms with Gasteiger partial charge in [-0.25, -0.2) is 4.98 Å². The van der Waals surface area contributed by atoms with Crippen molar-refractivity contribution >= 4 is 29.5 Å². The number of imide groups is 2. The molecule has 2 aliphatic heterocycles. The van der Waals surface area contributed by atoms with Crippen LogP contribution < -0.4 is 10.6 Å². The lowest BCUT2D eigenvalue weighted by atomic mass is 10.0. The molecule has 162 valence electrons. The quantitative estimate of drug-likeness (QED) is 0.508. The number of amides is 5. The summed E-state index contributed by atoms with van der Waals surface area (Å²) in [5.41, 5.74) is 1.22. The Bertz CT molecular complexity index is 1310. The van der Waals surface area contributed by atoms with Crippen molar-refractivity contribution in [3.8, 4) is 17.9 Å². The number of piperidine rings is 1. The van der Waals surface area contributed by atoms with Crippen LogP contribution in [-0.2, 0) is 9.59 Å². The highest BCUT2D eigenvalue weighted by atomic mass is 16.2. The van der Waals surface area contributed by atoms with Crippen LogP contribution in [0.5, 0.6) is 0 Å². The maximum absolute atomic E-state index is 12.8. The van der Waals surface area contributed by atoms with Gasteiger partial charge >= 0.3 is 0 Å². The zero-order valence-corrected chi connectivity index (χ0v) is 17.0. The molecule has 0 radical (unpaired) electrons. The molecule has 0 saturated carbocycles. The van der Waals surface area contributed by atoms with E-state index in [-0.39, 0.29) is 36.2 Å². The number of nitriles is 1. The number of hydrogen-bond acceptors (Lipinski definition) is 7. The highest BCUT2D eigenvalue weighted by Gasteiger charge is 2.44. The van der Waals surface area contributed by atoms with Gasteiger partial charge in [-0.05, 0) is 36.8 Å². The maximum Gasteiger partial charge on any atom is 0.270 e. The zero-order valence-electron chi connectivity index (χ0n) is 17.0. The lowest BCUT2D eigenvalue weighted by Crippen LogP contribution is -2.54. The normalized spacial score (nSPS) is 16.9. The minimum Gasteiger partial charge on any atom is -0.340 e. The Morgan fingerprint density at radius 1 is 1.12 bits per heavy atom. The van der Waals surface area contributed by atoms with Gasteiger partial charge in [0.25, 0.3) is 17.7 Å². The Morgan fingerprint density at radius 2 is 1.88 bits per heavy atom. The van der Waals surface area contributed by atoms with Gasteiger partial charge in [-0.2, -0.15) is 5.26 Å². The van der Waals surface area contributed by atoms with Crippen molar-refractivity contribution in [2.75, 3.05) is 6.54 Å². The first-order valence-corrected chi connectivity index (χ1v) is 9.88. The topological polar surface area (TPSA) is 149 Å². The molecule has 2 aromatic rings. The first kappa shape index (κ1) is 21.4. The van der Waals surface area contributed by atoms with Crippen molar-refractivity contribution in [3.05, 3.63) is 64.5 Å². The fraction of sp³-hybridized carbons (Fsp3) is 0.174. The minimum absolute atomic E-state index is 0.00682. The average molecular weight is 441 g/mol. The molecule has 10 nitrogen and oxygen atoms in total.